The molecule has 0 heterocycles. The Labute approximate surface area is 86.8 Å². The summed E-state index contributed by atoms with van der Waals surface area (Å²) in [7, 11) is 0. The van der Waals surface area contributed by atoms with Gasteiger partial charge in [-0.05, 0) is 18.2 Å². The Balaban J connectivity index is 2.97. The first-order valence-electron chi connectivity index (χ1n) is 4.07. The molecule has 0 unspecified atom stereocenters. The van der Waals surface area contributed by atoms with Crippen LogP contribution in [0.25, 0.3) is 0 Å². The highest BCUT2D eigenvalue weighted by atomic mass is 35.5. The number of benzene rings is 1. The Morgan fingerprint density at radius 3 is 2.79 bits per heavy atom. The van der Waals surface area contributed by atoms with Crippen LogP contribution in [-0.4, -0.2) is 19.1 Å². The highest BCUT2D eigenvalue weighted by Gasteiger charge is 2.09. The first-order chi connectivity index (χ1) is 6.65. The number of carbonyl (C=O) groups excluding carboxylic acids is 1. The minimum Gasteiger partial charge on any atom is -0.491 e. The molecule has 0 spiro atoms. The molecule has 0 bridgehead atoms. The number of primary amides is 1. The van der Waals surface area contributed by atoms with Crippen molar-refractivity contribution in [2.24, 2.45) is 11.5 Å². The minimum absolute atomic E-state index is 0.308. The molecule has 0 atom stereocenters. The fraction of sp³-hybridized carbons (Fsp3) is 0.222. The molecule has 0 aromatic heterocycles. The van der Waals surface area contributed by atoms with E-state index in [-0.39, 0.29) is 0 Å². The molecule has 1 aromatic rings. The number of carbonyl (C=O) groups is 1. The molecule has 76 valence electrons. The van der Waals surface area contributed by atoms with E-state index in [4.69, 9.17) is 27.8 Å². The maximum Gasteiger partial charge on any atom is 0.252 e. The lowest BCUT2D eigenvalue weighted by Gasteiger charge is -2.08. The molecule has 0 saturated heterocycles. The van der Waals surface area contributed by atoms with Crippen LogP contribution in [0, 0.1) is 0 Å². The Morgan fingerprint density at radius 1 is 1.50 bits per heavy atom. The van der Waals surface area contributed by atoms with E-state index in [0.29, 0.717) is 29.5 Å². The summed E-state index contributed by atoms with van der Waals surface area (Å²) in [4.78, 5) is 11.0. The van der Waals surface area contributed by atoms with Crippen molar-refractivity contribution < 1.29 is 9.53 Å². The van der Waals surface area contributed by atoms with E-state index in [2.05, 4.69) is 0 Å². The van der Waals surface area contributed by atoms with Crippen molar-refractivity contribution in [3.05, 3.63) is 28.8 Å². The average molecular weight is 215 g/mol. The minimum atomic E-state index is -0.548. The Hall–Kier alpha value is -1.26. The summed E-state index contributed by atoms with van der Waals surface area (Å²) in [6.07, 6.45) is 0. The van der Waals surface area contributed by atoms with E-state index in [9.17, 15) is 4.79 Å². The monoisotopic (exact) mass is 214 g/mol. The van der Waals surface area contributed by atoms with Crippen molar-refractivity contribution in [3.63, 3.8) is 0 Å². The molecule has 1 aromatic carbocycles. The number of nitrogens with two attached hydrogens (primary N) is 2. The number of hydrogen-bond acceptors (Lipinski definition) is 3. The quantitative estimate of drug-likeness (QED) is 0.778. The highest BCUT2D eigenvalue weighted by Crippen LogP contribution is 2.22. The van der Waals surface area contributed by atoms with Gasteiger partial charge in [0, 0.05) is 11.6 Å². The molecule has 5 heteroatoms. The van der Waals surface area contributed by atoms with Gasteiger partial charge < -0.3 is 16.2 Å². The molecule has 0 saturated carbocycles. The number of hydrogen-bond donors (Lipinski definition) is 2. The van der Waals surface area contributed by atoms with Crippen molar-refractivity contribution in [2.75, 3.05) is 13.2 Å². The summed E-state index contributed by atoms with van der Waals surface area (Å²) in [6.45, 7) is 0.686. The van der Waals surface area contributed by atoms with Gasteiger partial charge in [0.2, 0.25) is 0 Å². The van der Waals surface area contributed by atoms with Gasteiger partial charge >= 0.3 is 0 Å². The van der Waals surface area contributed by atoms with Gasteiger partial charge in [0.05, 0.1) is 5.56 Å². The molecule has 0 radical (unpaired) electrons. The van der Waals surface area contributed by atoms with Crippen LogP contribution in [0.15, 0.2) is 18.2 Å². The summed E-state index contributed by atoms with van der Waals surface area (Å²) >= 11 is 5.74. The molecule has 0 aliphatic carbocycles. The van der Waals surface area contributed by atoms with Crippen LogP contribution in [0.4, 0.5) is 0 Å². The Bertz CT molecular complexity index is 342. The number of ether oxygens (including phenoxy) is 1. The van der Waals surface area contributed by atoms with Crippen molar-refractivity contribution in [1.29, 1.82) is 0 Å². The van der Waals surface area contributed by atoms with Crippen LogP contribution in [-0.2, 0) is 0 Å². The highest BCUT2D eigenvalue weighted by molar-refractivity contribution is 6.30. The first-order valence-corrected chi connectivity index (χ1v) is 4.45. The second-order valence-corrected chi connectivity index (χ2v) is 3.08. The van der Waals surface area contributed by atoms with E-state index in [1.807, 2.05) is 0 Å². The first kappa shape index (κ1) is 10.8. The summed E-state index contributed by atoms with van der Waals surface area (Å²) < 4.78 is 5.22. The normalized spacial score (nSPS) is 9.86. The smallest absolute Gasteiger partial charge is 0.252 e. The van der Waals surface area contributed by atoms with Crippen LogP contribution < -0.4 is 16.2 Å². The van der Waals surface area contributed by atoms with Crippen molar-refractivity contribution in [3.8, 4) is 5.75 Å². The molecule has 0 fully saturated rings. The van der Waals surface area contributed by atoms with Gasteiger partial charge in [-0.1, -0.05) is 11.6 Å². The SMILES string of the molecule is NCCOc1cc(Cl)ccc1C(N)=O. The van der Waals surface area contributed by atoms with E-state index < -0.39 is 5.91 Å². The maximum atomic E-state index is 11.0. The van der Waals surface area contributed by atoms with Gasteiger partial charge in [-0.15, -0.1) is 0 Å². The summed E-state index contributed by atoms with van der Waals surface area (Å²) in [5, 5.41) is 0.488. The summed E-state index contributed by atoms with van der Waals surface area (Å²) in [6, 6.07) is 4.64. The van der Waals surface area contributed by atoms with Gasteiger partial charge in [0.25, 0.3) is 5.91 Å². The molecule has 0 aliphatic heterocycles. The van der Waals surface area contributed by atoms with E-state index >= 15 is 0 Å². The molecule has 1 rings (SSSR count). The van der Waals surface area contributed by atoms with E-state index in [1.165, 1.54) is 12.1 Å². The molecule has 1 amide bonds. The Morgan fingerprint density at radius 2 is 2.21 bits per heavy atom. The number of amides is 1. The Kier molecular flexibility index (Phi) is 3.73. The third-order valence-corrected chi connectivity index (χ3v) is 1.82. The van der Waals surface area contributed by atoms with Gasteiger partial charge in [-0.2, -0.15) is 0 Å². The fourth-order valence-electron chi connectivity index (χ4n) is 0.988. The predicted molar refractivity (Wildman–Crippen MR) is 54.5 cm³/mol. The van der Waals surface area contributed by atoms with Gasteiger partial charge in [0.15, 0.2) is 0 Å². The lowest BCUT2D eigenvalue weighted by atomic mass is 10.2. The molecule has 14 heavy (non-hydrogen) atoms. The lowest BCUT2D eigenvalue weighted by Crippen LogP contribution is -2.16. The molecular formula is C9H11ClN2O2. The topological polar surface area (TPSA) is 78.3 Å². The largest absolute Gasteiger partial charge is 0.491 e. The van der Waals surface area contributed by atoms with Gasteiger partial charge in [-0.25, -0.2) is 0 Å². The molecule has 4 N–H and O–H groups in total. The third kappa shape index (κ3) is 2.61. The third-order valence-electron chi connectivity index (χ3n) is 1.58. The number of rotatable bonds is 4. The number of halogens is 1. The lowest BCUT2D eigenvalue weighted by molar-refractivity contribution is 0.0996. The van der Waals surface area contributed by atoms with Crippen LogP contribution in [0.1, 0.15) is 10.4 Å². The average Bonchev–Trinajstić information content (AvgIpc) is 2.14. The molecular weight excluding hydrogens is 204 g/mol. The zero-order chi connectivity index (χ0) is 10.6. The second-order valence-electron chi connectivity index (χ2n) is 2.64. The van der Waals surface area contributed by atoms with Crippen LogP contribution >= 0.6 is 11.6 Å². The van der Waals surface area contributed by atoms with Crippen LogP contribution in [0.3, 0.4) is 0 Å². The van der Waals surface area contributed by atoms with Gasteiger partial charge in [-0.3, -0.25) is 4.79 Å². The zero-order valence-electron chi connectivity index (χ0n) is 7.50. The van der Waals surface area contributed by atoms with E-state index in [0.717, 1.165) is 0 Å². The van der Waals surface area contributed by atoms with Crippen molar-refractivity contribution in [2.45, 2.75) is 0 Å². The zero-order valence-corrected chi connectivity index (χ0v) is 8.25. The van der Waals surface area contributed by atoms with Crippen LogP contribution in [0.2, 0.25) is 5.02 Å². The summed E-state index contributed by atoms with van der Waals surface area (Å²) in [5.74, 6) is -0.177. The maximum absolute atomic E-state index is 11.0. The van der Waals surface area contributed by atoms with Gasteiger partial charge in [0.1, 0.15) is 12.4 Å². The fourth-order valence-corrected chi connectivity index (χ4v) is 1.15. The standard InChI is InChI=1S/C9H11ClN2O2/c10-6-1-2-7(9(12)13)8(5-6)14-4-3-11/h1-2,5H,3-4,11H2,(H2,12,13). The van der Waals surface area contributed by atoms with Crippen molar-refractivity contribution >= 4 is 17.5 Å². The van der Waals surface area contributed by atoms with E-state index in [1.54, 1.807) is 6.07 Å². The molecule has 4 nitrogen and oxygen atoms in total. The predicted octanol–water partition coefficient (Wildman–Crippen LogP) is 0.776. The second kappa shape index (κ2) is 4.83. The summed E-state index contributed by atoms with van der Waals surface area (Å²) in [5.41, 5.74) is 10.7. The molecule has 0 aliphatic rings. The van der Waals surface area contributed by atoms with Crippen molar-refractivity contribution in [1.82, 2.24) is 0 Å². The van der Waals surface area contributed by atoms with Crippen LogP contribution in [0.5, 0.6) is 5.75 Å².